The highest BCUT2D eigenvalue weighted by atomic mass is 127. The predicted molar refractivity (Wildman–Crippen MR) is 146 cm³/mol. The first-order valence-corrected chi connectivity index (χ1v) is 11.9. The Morgan fingerprint density at radius 3 is 2.65 bits per heavy atom. The van der Waals surface area contributed by atoms with Crippen molar-refractivity contribution in [3.63, 3.8) is 0 Å². The molecule has 0 bridgehead atoms. The molecule has 1 atom stereocenters. The number of hydrogen-bond acceptors (Lipinski definition) is 5. The summed E-state index contributed by atoms with van der Waals surface area (Å²) in [6, 6.07) is 9.87. The Hall–Kier alpha value is -2.65. The van der Waals surface area contributed by atoms with Crippen molar-refractivity contribution in [1.82, 2.24) is 8.43 Å². The van der Waals surface area contributed by atoms with Gasteiger partial charge < -0.3 is 14.5 Å². The van der Waals surface area contributed by atoms with Gasteiger partial charge in [-0.25, -0.2) is 0 Å². The third-order valence-corrected chi connectivity index (χ3v) is 6.88. The predicted octanol–water partition coefficient (Wildman–Crippen LogP) is 2.60. The van der Waals surface area contributed by atoms with Gasteiger partial charge in [-0.1, -0.05) is 29.7 Å². The van der Waals surface area contributed by atoms with Crippen LogP contribution in [0.5, 0.6) is 5.75 Å². The molecule has 0 aliphatic heterocycles. The molecule has 2 aromatic carbocycles. The first-order valence-electron chi connectivity index (χ1n) is 10.3. The van der Waals surface area contributed by atoms with Crippen molar-refractivity contribution in [1.29, 1.82) is 0 Å². The van der Waals surface area contributed by atoms with E-state index in [0.717, 1.165) is 22.5 Å². The highest BCUT2D eigenvalue weighted by molar-refractivity contribution is 14.1. The molecule has 0 fully saturated rings. The van der Waals surface area contributed by atoms with Gasteiger partial charge in [0.25, 0.3) is 5.91 Å². The third-order valence-electron chi connectivity index (χ3n) is 5.14. The molecule has 7 nitrogen and oxygen atoms in total. The second-order valence-corrected chi connectivity index (χ2v) is 9.33. The lowest BCUT2D eigenvalue weighted by atomic mass is 9.90. The van der Waals surface area contributed by atoms with Crippen LogP contribution in [0, 0.1) is 13.8 Å². The molecular formula is C24H23BIN2O5P. The molecule has 1 N–H and O–H groups in total. The van der Waals surface area contributed by atoms with Crippen molar-refractivity contribution >= 4 is 73.5 Å². The van der Waals surface area contributed by atoms with Gasteiger partial charge in [-0.05, 0) is 42.9 Å². The molecule has 174 valence electrons. The van der Waals surface area contributed by atoms with Crippen LogP contribution in [0.4, 0.5) is 0 Å². The Kier molecular flexibility index (Phi) is 8.54. The minimum absolute atomic E-state index is 0.110. The Morgan fingerprint density at radius 2 is 1.94 bits per heavy atom. The minimum Gasteiger partial charge on any atom is -0.484 e. The number of amides is 2. The molecule has 0 saturated heterocycles. The van der Waals surface area contributed by atoms with E-state index in [4.69, 9.17) is 17.0 Å². The van der Waals surface area contributed by atoms with Gasteiger partial charge in [0.05, 0.1) is 28.3 Å². The van der Waals surface area contributed by atoms with Crippen molar-refractivity contribution < 1.29 is 18.7 Å². The number of ether oxygens (including phenoxy) is 1. The van der Waals surface area contributed by atoms with Crippen LogP contribution in [-0.4, -0.2) is 35.9 Å². The fourth-order valence-electron chi connectivity index (χ4n) is 3.02. The summed E-state index contributed by atoms with van der Waals surface area (Å²) in [5, 5.41) is 4.04. The van der Waals surface area contributed by atoms with E-state index in [1.807, 2.05) is 19.1 Å². The molecule has 0 aliphatic carbocycles. The number of carbonyl (C=O) groups excluding carboxylic acids is 2. The lowest BCUT2D eigenvalue weighted by Crippen LogP contribution is -2.31. The first-order chi connectivity index (χ1) is 16.1. The molecule has 10 heteroatoms. The number of carbonyl (C=O) groups is 2. The van der Waals surface area contributed by atoms with Crippen LogP contribution < -0.4 is 26.2 Å². The van der Waals surface area contributed by atoms with Crippen molar-refractivity contribution in [3.8, 4) is 5.75 Å². The van der Waals surface area contributed by atoms with Crippen molar-refractivity contribution in [2.75, 3.05) is 13.2 Å². The summed E-state index contributed by atoms with van der Waals surface area (Å²) in [5.74, 6) is -0.323. The second kappa shape index (κ2) is 11.2. The minimum atomic E-state index is -0.527. The highest BCUT2D eigenvalue weighted by Crippen LogP contribution is 2.20. The van der Waals surface area contributed by atoms with E-state index in [2.05, 4.69) is 21.1 Å². The molecule has 3 aromatic rings. The summed E-state index contributed by atoms with van der Waals surface area (Å²) in [6.07, 6.45) is 0.314. The first kappa shape index (κ1) is 26.0. The molecular weight excluding hydrogens is 565 g/mol. The largest absolute Gasteiger partial charge is 0.484 e. The number of benzene rings is 2. The maximum Gasteiger partial charge on any atom is 0.302 e. The molecule has 2 amide bonds. The number of nitrogens with zero attached hydrogens (tertiary/aromatic N) is 1. The topological polar surface area (TPSA) is 88.9 Å². The number of halogens is 1. The van der Waals surface area contributed by atoms with Gasteiger partial charge in [-0.3, -0.25) is 17.5 Å². The van der Waals surface area contributed by atoms with Crippen LogP contribution in [0.1, 0.15) is 28.1 Å². The van der Waals surface area contributed by atoms with Crippen molar-refractivity contribution in [2.45, 2.75) is 20.3 Å². The number of hydrogen-bond donors (Lipinski definition) is 1. The van der Waals surface area contributed by atoms with Gasteiger partial charge in [-0.15, -0.1) is 9.24 Å². The molecule has 0 aliphatic rings. The number of rotatable bonds is 8. The van der Waals surface area contributed by atoms with Gasteiger partial charge in [-0.2, -0.15) is 0 Å². The number of nitrogens with one attached hydrogen (secondary N) is 1. The third kappa shape index (κ3) is 6.27. The lowest BCUT2D eigenvalue weighted by Gasteiger charge is -2.17. The Balaban J connectivity index is 1.54. The summed E-state index contributed by atoms with van der Waals surface area (Å²) < 4.78 is 12.4. The Bertz CT molecular complexity index is 1340. The zero-order valence-corrected chi connectivity index (χ0v) is 22.1. The van der Waals surface area contributed by atoms with Crippen LogP contribution in [0.3, 0.4) is 0 Å². The van der Waals surface area contributed by atoms with Gasteiger partial charge in [0, 0.05) is 24.7 Å². The van der Waals surface area contributed by atoms with Crippen LogP contribution in [0.15, 0.2) is 57.9 Å². The van der Waals surface area contributed by atoms with E-state index in [-0.39, 0.29) is 35.8 Å². The maximum absolute atomic E-state index is 12.8. The zero-order chi connectivity index (χ0) is 25.0. The average molecular weight is 588 g/mol. The van der Waals surface area contributed by atoms with Crippen LogP contribution in [0.25, 0.3) is 11.0 Å². The molecule has 0 saturated carbocycles. The van der Waals surface area contributed by atoms with E-state index in [1.165, 1.54) is 9.18 Å². The molecule has 1 heterocycles. The quantitative estimate of drug-likeness (QED) is 0.189. The van der Waals surface area contributed by atoms with E-state index >= 15 is 0 Å². The Labute approximate surface area is 215 Å². The summed E-state index contributed by atoms with van der Waals surface area (Å²) in [6.45, 7) is 7.80. The molecule has 3 rings (SSSR count). The molecule has 2 radical (unpaired) electrons. The van der Waals surface area contributed by atoms with Crippen LogP contribution >= 0.6 is 32.1 Å². The van der Waals surface area contributed by atoms with E-state index in [9.17, 15) is 14.4 Å². The molecule has 1 unspecified atom stereocenters. The van der Waals surface area contributed by atoms with Gasteiger partial charge in [0.2, 0.25) is 0 Å². The van der Waals surface area contributed by atoms with Crippen LogP contribution in [0.2, 0.25) is 0 Å². The fraction of sp³-hybridized carbons (Fsp3) is 0.208. The molecule has 0 spiro atoms. The zero-order valence-electron chi connectivity index (χ0n) is 18.8. The van der Waals surface area contributed by atoms with E-state index in [0.29, 0.717) is 28.7 Å². The number of fused-ring (bicyclic) bond motifs is 1. The second-order valence-electron chi connectivity index (χ2n) is 7.74. The summed E-state index contributed by atoms with van der Waals surface area (Å²) >= 11 is 1.79. The fourth-order valence-corrected chi connectivity index (χ4v) is 3.76. The van der Waals surface area contributed by atoms with Gasteiger partial charge in [0.1, 0.15) is 19.2 Å². The monoisotopic (exact) mass is 588 g/mol. The van der Waals surface area contributed by atoms with Crippen molar-refractivity contribution in [3.05, 3.63) is 75.8 Å². The van der Waals surface area contributed by atoms with E-state index < -0.39 is 5.91 Å². The van der Waals surface area contributed by atoms with Crippen LogP contribution in [-0.2, 0) is 4.79 Å². The SMILES string of the molecule is [B]c1cc2c(=O)cc(C(=O)N(I)C(=C)CCNC(=O)COc3ccc(C)c(P)c3)oc2cc1C. The highest BCUT2D eigenvalue weighted by Gasteiger charge is 2.20. The maximum atomic E-state index is 12.8. The lowest BCUT2D eigenvalue weighted by molar-refractivity contribution is -0.123. The van der Waals surface area contributed by atoms with Crippen molar-refractivity contribution in [2.24, 2.45) is 0 Å². The van der Waals surface area contributed by atoms with E-state index in [1.54, 1.807) is 41.9 Å². The smallest absolute Gasteiger partial charge is 0.302 e. The standard InChI is InChI=1S/C24H23BIN2O5P/c1-13-4-5-16(9-22(13)34)32-12-23(30)27-7-6-15(3)28(26)24(31)21-11-19(29)17-10-18(25)14(2)8-20(17)33-21/h4-5,8-11H,3,6-7,12,34H2,1-2H3,(H,27,30). The average Bonchev–Trinajstić information content (AvgIpc) is 2.80. The summed E-state index contributed by atoms with van der Waals surface area (Å²) in [7, 11) is 8.48. The Morgan fingerprint density at radius 1 is 1.21 bits per heavy atom. The normalized spacial score (nSPS) is 10.7. The summed E-state index contributed by atoms with van der Waals surface area (Å²) in [5.41, 5.74) is 2.69. The molecule has 1 aromatic heterocycles. The number of aryl methyl sites for hydroxylation is 2. The summed E-state index contributed by atoms with van der Waals surface area (Å²) in [4.78, 5) is 37.3. The van der Waals surface area contributed by atoms with Gasteiger partial charge >= 0.3 is 5.91 Å². The van der Waals surface area contributed by atoms with Gasteiger partial charge in [0.15, 0.2) is 17.8 Å². The molecule has 34 heavy (non-hydrogen) atoms.